The lowest BCUT2D eigenvalue weighted by molar-refractivity contribution is -0.146. The molecule has 0 aromatic heterocycles. The molecule has 3 fully saturated rings. The van der Waals surface area contributed by atoms with Crippen molar-refractivity contribution >= 4 is 5.91 Å². The molecule has 0 aromatic rings. The third-order valence-electron chi connectivity index (χ3n) is 5.77. The van der Waals surface area contributed by atoms with Crippen LogP contribution in [0.15, 0.2) is 0 Å². The van der Waals surface area contributed by atoms with E-state index in [4.69, 9.17) is 5.73 Å². The Balaban J connectivity index is 1.79. The Bertz CT molecular complexity index is 343. The van der Waals surface area contributed by atoms with Crippen molar-refractivity contribution in [2.24, 2.45) is 17.1 Å². The van der Waals surface area contributed by atoms with E-state index in [0.29, 0.717) is 11.9 Å². The first-order valence-electron chi connectivity index (χ1n) is 7.69. The zero-order chi connectivity index (χ0) is 12.8. The molecule has 0 aromatic carbocycles. The molecule has 3 rings (SSSR count). The van der Waals surface area contributed by atoms with Crippen molar-refractivity contribution in [2.45, 2.75) is 70.4 Å². The van der Waals surface area contributed by atoms with E-state index in [2.05, 4.69) is 11.8 Å². The third-order valence-corrected chi connectivity index (χ3v) is 5.77. The first-order valence-corrected chi connectivity index (χ1v) is 7.69. The molecule has 2 aliphatic carbocycles. The van der Waals surface area contributed by atoms with E-state index in [1.54, 1.807) is 0 Å². The predicted octanol–water partition coefficient (Wildman–Crippen LogP) is 2.29. The normalized spacial score (nSPS) is 44.1. The van der Waals surface area contributed by atoms with E-state index in [-0.39, 0.29) is 11.5 Å². The fraction of sp³-hybridized carbons (Fsp3) is 0.933. The van der Waals surface area contributed by atoms with Gasteiger partial charge in [0.05, 0.1) is 5.41 Å². The van der Waals surface area contributed by atoms with Crippen LogP contribution >= 0.6 is 0 Å². The highest BCUT2D eigenvalue weighted by molar-refractivity contribution is 5.84. The molecule has 3 aliphatic rings. The summed E-state index contributed by atoms with van der Waals surface area (Å²) in [5, 5.41) is 0. The number of amides is 1. The van der Waals surface area contributed by atoms with Crippen molar-refractivity contribution in [3.05, 3.63) is 0 Å². The van der Waals surface area contributed by atoms with E-state index in [1.807, 2.05) is 0 Å². The molecule has 18 heavy (non-hydrogen) atoms. The lowest BCUT2D eigenvalue weighted by Gasteiger charge is -2.43. The number of hydrogen-bond donors (Lipinski definition) is 1. The smallest absolute Gasteiger partial charge is 0.230 e. The Morgan fingerprint density at radius 2 is 1.94 bits per heavy atom. The molecule has 2 N–H and O–H groups in total. The maximum Gasteiger partial charge on any atom is 0.230 e. The zero-order valence-corrected chi connectivity index (χ0v) is 11.5. The number of piperidine rings is 1. The van der Waals surface area contributed by atoms with Crippen LogP contribution in [0.2, 0.25) is 0 Å². The van der Waals surface area contributed by atoms with E-state index in [1.165, 1.54) is 32.1 Å². The summed E-state index contributed by atoms with van der Waals surface area (Å²) in [6.07, 6.45) is 9.51. The molecule has 4 atom stereocenters. The van der Waals surface area contributed by atoms with Gasteiger partial charge in [-0.05, 0) is 51.4 Å². The Morgan fingerprint density at radius 1 is 1.17 bits per heavy atom. The molecule has 1 heterocycles. The van der Waals surface area contributed by atoms with Gasteiger partial charge in [-0.2, -0.15) is 0 Å². The molecule has 3 nitrogen and oxygen atoms in total. The topological polar surface area (TPSA) is 46.3 Å². The number of carbonyl (C=O) groups is 1. The molecule has 0 radical (unpaired) electrons. The quantitative estimate of drug-likeness (QED) is 0.776. The van der Waals surface area contributed by atoms with Gasteiger partial charge in [-0.3, -0.25) is 4.79 Å². The summed E-state index contributed by atoms with van der Waals surface area (Å²) in [5.41, 5.74) is 5.94. The van der Waals surface area contributed by atoms with Crippen LogP contribution in [0.4, 0.5) is 0 Å². The monoisotopic (exact) mass is 250 g/mol. The molecule has 0 spiro atoms. The molecule has 4 unspecified atom stereocenters. The van der Waals surface area contributed by atoms with Crippen LogP contribution in [0.1, 0.15) is 58.3 Å². The molecule has 102 valence electrons. The third kappa shape index (κ3) is 1.78. The highest BCUT2D eigenvalue weighted by Crippen LogP contribution is 2.43. The van der Waals surface area contributed by atoms with Crippen molar-refractivity contribution in [1.82, 2.24) is 4.90 Å². The second-order valence-electron chi connectivity index (χ2n) is 6.82. The minimum atomic E-state index is -0.273. The molecule has 1 amide bonds. The van der Waals surface area contributed by atoms with Crippen molar-refractivity contribution < 1.29 is 4.79 Å². The molecule has 2 saturated carbocycles. The van der Waals surface area contributed by atoms with Crippen molar-refractivity contribution in [2.75, 3.05) is 6.54 Å². The average molecular weight is 250 g/mol. The van der Waals surface area contributed by atoms with Crippen molar-refractivity contribution in [1.29, 1.82) is 0 Å². The molecule has 3 heteroatoms. The summed E-state index contributed by atoms with van der Waals surface area (Å²) in [4.78, 5) is 15.1. The number of hydrogen-bond acceptors (Lipinski definition) is 2. The minimum absolute atomic E-state index is 0.0757. The van der Waals surface area contributed by atoms with E-state index < -0.39 is 0 Å². The summed E-state index contributed by atoms with van der Waals surface area (Å²) in [6, 6.07) is 0.614. The lowest BCUT2D eigenvalue weighted by atomic mass is 9.81. The number of rotatable bonds is 1. The summed E-state index contributed by atoms with van der Waals surface area (Å²) < 4.78 is 0. The van der Waals surface area contributed by atoms with Gasteiger partial charge >= 0.3 is 0 Å². The van der Waals surface area contributed by atoms with Crippen LogP contribution in [0, 0.1) is 11.3 Å². The summed E-state index contributed by atoms with van der Waals surface area (Å²) in [7, 11) is 0. The first-order chi connectivity index (χ1) is 8.63. The van der Waals surface area contributed by atoms with Crippen LogP contribution < -0.4 is 5.73 Å². The van der Waals surface area contributed by atoms with E-state index in [9.17, 15) is 4.79 Å². The van der Waals surface area contributed by atoms with Crippen LogP contribution in [0.5, 0.6) is 0 Å². The van der Waals surface area contributed by atoms with Gasteiger partial charge in [-0.25, -0.2) is 0 Å². The Hall–Kier alpha value is -0.570. The fourth-order valence-electron chi connectivity index (χ4n) is 4.49. The van der Waals surface area contributed by atoms with Gasteiger partial charge in [0.25, 0.3) is 0 Å². The Morgan fingerprint density at radius 3 is 2.67 bits per heavy atom. The van der Waals surface area contributed by atoms with E-state index >= 15 is 0 Å². The maximum atomic E-state index is 12.9. The molecular formula is C15H26N2O. The van der Waals surface area contributed by atoms with E-state index in [0.717, 1.165) is 31.7 Å². The van der Waals surface area contributed by atoms with Gasteiger partial charge in [0, 0.05) is 18.6 Å². The van der Waals surface area contributed by atoms with Gasteiger partial charge in [0.1, 0.15) is 0 Å². The SMILES string of the molecule is CC1(C(=O)N2CCCC3CCCC32)CCCC1N. The Labute approximate surface area is 110 Å². The molecule has 1 saturated heterocycles. The van der Waals surface area contributed by atoms with Crippen LogP contribution in [0.25, 0.3) is 0 Å². The lowest BCUT2D eigenvalue weighted by Crippen LogP contribution is -2.55. The van der Waals surface area contributed by atoms with Crippen LogP contribution in [-0.4, -0.2) is 29.4 Å². The molecular weight excluding hydrogens is 224 g/mol. The number of nitrogens with two attached hydrogens (primary N) is 1. The number of fused-ring (bicyclic) bond motifs is 1. The highest BCUT2D eigenvalue weighted by atomic mass is 16.2. The van der Waals surface area contributed by atoms with Crippen LogP contribution in [-0.2, 0) is 4.79 Å². The first kappa shape index (κ1) is 12.5. The van der Waals surface area contributed by atoms with Crippen molar-refractivity contribution in [3.63, 3.8) is 0 Å². The largest absolute Gasteiger partial charge is 0.339 e. The summed E-state index contributed by atoms with van der Waals surface area (Å²) >= 11 is 0. The minimum Gasteiger partial charge on any atom is -0.339 e. The Kier molecular flexibility index (Phi) is 3.13. The summed E-state index contributed by atoms with van der Waals surface area (Å²) in [6.45, 7) is 3.08. The van der Waals surface area contributed by atoms with Gasteiger partial charge in [-0.15, -0.1) is 0 Å². The average Bonchev–Trinajstić information content (AvgIpc) is 2.96. The maximum absolute atomic E-state index is 12.9. The molecule has 0 bridgehead atoms. The highest BCUT2D eigenvalue weighted by Gasteiger charge is 2.48. The fourth-order valence-corrected chi connectivity index (χ4v) is 4.49. The number of nitrogens with zero attached hydrogens (tertiary/aromatic N) is 1. The summed E-state index contributed by atoms with van der Waals surface area (Å²) in [5.74, 6) is 1.15. The number of likely N-dealkylation sites (tertiary alicyclic amines) is 1. The van der Waals surface area contributed by atoms with Crippen molar-refractivity contribution in [3.8, 4) is 0 Å². The number of carbonyl (C=O) groups excluding carboxylic acids is 1. The molecule has 1 aliphatic heterocycles. The predicted molar refractivity (Wildman–Crippen MR) is 72.0 cm³/mol. The van der Waals surface area contributed by atoms with Gasteiger partial charge < -0.3 is 10.6 Å². The standard InChI is InChI=1S/C15H26N2O/c1-15(9-3-8-13(15)16)14(18)17-10-4-6-11-5-2-7-12(11)17/h11-13H,2-10,16H2,1H3. The van der Waals surface area contributed by atoms with Gasteiger partial charge in [0.2, 0.25) is 5.91 Å². The van der Waals surface area contributed by atoms with Gasteiger partial charge in [0.15, 0.2) is 0 Å². The van der Waals surface area contributed by atoms with Gasteiger partial charge in [-0.1, -0.05) is 12.8 Å². The second kappa shape index (κ2) is 4.52. The second-order valence-corrected chi connectivity index (χ2v) is 6.82. The van der Waals surface area contributed by atoms with Crippen LogP contribution in [0.3, 0.4) is 0 Å². The zero-order valence-electron chi connectivity index (χ0n) is 11.5.